The van der Waals surface area contributed by atoms with Crippen molar-refractivity contribution >= 4 is 76.6 Å². The highest BCUT2D eigenvalue weighted by atomic mass is 33.1. The highest BCUT2D eigenvalue weighted by Crippen LogP contribution is 2.49. The van der Waals surface area contributed by atoms with E-state index in [0.29, 0.717) is 43.9 Å². The van der Waals surface area contributed by atoms with Crippen molar-refractivity contribution in [2.45, 2.75) is 72.0 Å². The summed E-state index contributed by atoms with van der Waals surface area (Å²) in [4.78, 5) is 115. The molecule has 29 heteroatoms. The lowest BCUT2D eigenvalue weighted by atomic mass is 9.98. The number of benzene rings is 6. The molecule has 10 N–H and O–H groups in total. The largest absolute Gasteiger partial charge is 0.508 e. The Morgan fingerprint density at radius 3 is 1.80 bits per heavy atom. The molecule has 4 unspecified atom stereocenters. The number of ether oxygens (including phenoxy) is 9. The van der Waals surface area contributed by atoms with Crippen LogP contribution in [0.15, 0.2) is 160 Å². The Labute approximate surface area is 563 Å². The molecule has 3 heterocycles. The zero-order valence-corrected chi connectivity index (χ0v) is 54.6. The van der Waals surface area contributed by atoms with E-state index in [0.717, 1.165) is 64.8 Å². The summed E-state index contributed by atoms with van der Waals surface area (Å²) in [5.41, 5.74) is 20.0. The predicted molar refractivity (Wildman–Crippen MR) is 357 cm³/mol. The normalized spacial score (nSPS) is 16.3. The summed E-state index contributed by atoms with van der Waals surface area (Å²) >= 11 is 0. The van der Waals surface area contributed by atoms with Crippen LogP contribution in [-0.4, -0.2) is 156 Å². The van der Waals surface area contributed by atoms with Gasteiger partial charge in [-0.3, -0.25) is 19.2 Å². The molecular formula is C68H70N7O19PS2. The van der Waals surface area contributed by atoms with E-state index in [-0.39, 0.29) is 68.7 Å². The predicted octanol–water partition coefficient (Wildman–Crippen LogP) is 9.79. The van der Waals surface area contributed by atoms with E-state index in [2.05, 4.69) is 20.3 Å². The molecule has 97 heavy (non-hydrogen) atoms. The van der Waals surface area contributed by atoms with E-state index in [1.165, 1.54) is 27.8 Å². The van der Waals surface area contributed by atoms with Gasteiger partial charge in [0, 0.05) is 46.5 Å². The number of hydrogen-bond acceptors (Lipinski definition) is 21. The van der Waals surface area contributed by atoms with Crippen molar-refractivity contribution < 1.29 is 86.1 Å². The fraction of sp³-hybridized carbons (Fsp3) is 0.309. The molecule has 11 rings (SSSR count). The first-order valence-electron chi connectivity index (χ1n) is 31.0. The van der Waals surface area contributed by atoms with E-state index in [4.69, 9.17) is 54.1 Å². The molecule has 1 fully saturated rings. The van der Waals surface area contributed by atoms with Gasteiger partial charge in [-0.25, -0.2) is 29.0 Å². The minimum Gasteiger partial charge on any atom is -0.480 e. The Balaban J connectivity index is 0.841. The molecule has 1 saturated heterocycles. The van der Waals surface area contributed by atoms with Crippen LogP contribution in [0.4, 0.5) is 25.1 Å². The van der Waals surface area contributed by atoms with E-state index in [1.54, 1.807) is 30.3 Å². The minimum atomic E-state index is -4.92. The lowest BCUT2D eigenvalue weighted by Gasteiger charge is -2.30. The number of likely N-dealkylation sites (tertiary alicyclic amines) is 1. The van der Waals surface area contributed by atoms with Crippen LogP contribution in [0.2, 0.25) is 0 Å². The Kier molecular flexibility index (Phi) is 23.0. The number of H-pyrrole nitrogens is 2. The maximum atomic E-state index is 15.3. The number of rotatable bonds is 30. The number of aromatic amines is 2. The summed E-state index contributed by atoms with van der Waals surface area (Å²) in [6.07, 6.45) is -7.65. The summed E-state index contributed by atoms with van der Waals surface area (Å²) in [6, 6.07) is 40.0. The number of nitrogen functional groups attached to an aromatic ring is 1. The van der Waals surface area contributed by atoms with Crippen LogP contribution >= 0.6 is 29.2 Å². The number of anilines is 1. The number of carbonyl (C=O) groups is 5. The first-order chi connectivity index (χ1) is 47.0. The third-order valence-corrected chi connectivity index (χ3v) is 19.9. The van der Waals surface area contributed by atoms with Crippen LogP contribution in [0.1, 0.15) is 68.8 Å². The number of aliphatic carboxylic acids is 1. The molecule has 0 saturated carbocycles. The molecule has 0 spiro atoms. The molecule has 2 aliphatic carbocycles. The minimum absolute atomic E-state index is 0.0145. The van der Waals surface area contributed by atoms with Gasteiger partial charge < -0.3 is 79.3 Å². The average Bonchev–Trinajstić information content (AvgIpc) is 1.59. The molecular weight excluding hydrogens is 1310 g/mol. The number of hydrogen-bond donors (Lipinski definition) is 8. The smallest absolute Gasteiger partial charge is 0.480 e. The van der Waals surface area contributed by atoms with E-state index < -0.39 is 98.9 Å². The monoisotopic (exact) mass is 1380 g/mol. The number of carbonyl (C=O) groups excluding carboxylic acids is 4. The second-order valence-corrected chi connectivity index (χ2v) is 26.8. The molecule has 2 aromatic heterocycles. The van der Waals surface area contributed by atoms with Crippen molar-refractivity contribution in [1.29, 1.82) is 0 Å². The average molecular weight is 1380 g/mol. The Bertz CT molecular complexity index is 4160. The van der Waals surface area contributed by atoms with Gasteiger partial charge in [0.15, 0.2) is 12.2 Å². The van der Waals surface area contributed by atoms with Crippen molar-refractivity contribution in [3.63, 3.8) is 0 Å². The van der Waals surface area contributed by atoms with Crippen molar-refractivity contribution in [1.82, 2.24) is 25.2 Å². The zero-order valence-electron chi connectivity index (χ0n) is 52.1. The number of carboxylic acids is 1. The van der Waals surface area contributed by atoms with Gasteiger partial charge in [0.25, 0.3) is 5.56 Å². The fourth-order valence-electron chi connectivity index (χ4n) is 12.3. The van der Waals surface area contributed by atoms with E-state index in [1.807, 2.05) is 109 Å². The molecule has 4 atom stereocenters. The van der Waals surface area contributed by atoms with Gasteiger partial charge in [-0.1, -0.05) is 143 Å². The number of nitrogens with zero attached hydrogens (tertiary/aromatic N) is 2. The van der Waals surface area contributed by atoms with Gasteiger partial charge in [-0.05, 0) is 92.2 Å². The van der Waals surface area contributed by atoms with E-state index >= 15 is 4.79 Å². The molecule has 6 aromatic carbocycles. The first kappa shape index (κ1) is 69.1. The topological polar surface area (TPSA) is 375 Å². The molecule has 1 aliphatic heterocycles. The van der Waals surface area contributed by atoms with Crippen molar-refractivity contribution in [2.24, 2.45) is 5.73 Å². The Morgan fingerprint density at radius 1 is 0.649 bits per heavy atom. The van der Waals surface area contributed by atoms with Crippen LogP contribution in [-0.2, 0) is 71.6 Å². The number of nitrogens with two attached hydrogens (primary N) is 2. The third kappa shape index (κ3) is 17.1. The number of amides is 2. The number of alkyl carbamates (subject to hydrolysis) is 1. The standard InChI is InChI=1S/C68H70N7O19PS2/c69-25-28-86-30-31-87-29-26-71-65(79)89-36-41-19-22-56(42(33-41)23-27-88-39-57(76)77)97-96-43-20-17-40(18-21-43)35-90-66(80)75-55(24-32-95(83,84)85)61(93-67(81)91-37-53-48-13-5-1-9-44(48)45-10-2-6-14-49(45)53)62(60(75)52-34-72-59-58(52)73-64(70)74-63(59)78)94-68(82)92-38-54-50-15-7-3-11-46(50)47-12-4-8-16-51(47)54/h1-22,33-34,53-55,60-62,72H,23-32,35-39,69H2,(H,71,79)(H,76,77)(H2,83,84,85)(H3,70,73,74,78). The summed E-state index contributed by atoms with van der Waals surface area (Å²) in [6.45, 7) is 0.733. The van der Waals surface area contributed by atoms with Crippen LogP contribution < -0.4 is 22.3 Å². The van der Waals surface area contributed by atoms with Crippen molar-refractivity contribution in [3.05, 3.63) is 201 Å². The lowest BCUT2D eigenvalue weighted by molar-refractivity contribution is -0.142. The highest BCUT2D eigenvalue weighted by Gasteiger charge is 2.58. The number of aromatic nitrogens is 3. The molecule has 3 aliphatic rings. The van der Waals surface area contributed by atoms with Gasteiger partial charge in [-0.15, -0.1) is 0 Å². The zero-order chi connectivity index (χ0) is 68.0. The summed E-state index contributed by atoms with van der Waals surface area (Å²) < 4.78 is 64.9. The number of carboxylic acid groups (broad SMARTS) is 1. The number of nitrogens with one attached hydrogen (secondary N) is 3. The SMILES string of the molecule is NCCOCCOCCNC(=O)OCc1ccc(SSc2ccc(COC(=O)N3C(CCP(=O)(O)O)C(OC(=O)OCC4c5ccccc5-c5ccccc54)C(OC(=O)OCC4c5ccccc5-c5ccccc54)C3c3c[nH]c4c(=O)[nH]c(N)nc34)cc2)c(CCOCC(=O)O)c1. The van der Waals surface area contributed by atoms with Crippen molar-refractivity contribution in [2.75, 3.05) is 77.8 Å². The van der Waals surface area contributed by atoms with Crippen LogP contribution in [0.3, 0.4) is 0 Å². The van der Waals surface area contributed by atoms with E-state index in [9.17, 15) is 43.4 Å². The Hall–Kier alpha value is -9.22. The van der Waals surface area contributed by atoms with Crippen LogP contribution in [0.5, 0.6) is 0 Å². The molecule has 0 bridgehead atoms. The quantitative estimate of drug-likeness (QED) is 0.00682. The number of fused-ring (bicyclic) bond motifs is 7. The second-order valence-electron chi connectivity index (χ2n) is 22.8. The summed E-state index contributed by atoms with van der Waals surface area (Å²) in [5.74, 6) is -2.31. The summed E-state index contributed by atoms with van der Waals surface area (Å²) in [5, 5.41) is 11.8. The third-order valence-electron chi connectivity index (χ3n) is 16.5. The van der Waals surface area contributed by atoms with Crippen LogP contribution in [0, 0.1) is 0 Å². The van der Waals surface area contributed by atoms with Gasteiger partial charge in [-0.2, -0.15) is 0 Å². The van der Waals surface area contributed by atoms with Crippen molar-refractivity contribution in [3.8, 4) is 22.3 Å². The van der Waals surface area contributed by atoms with Gasteiger partial charge in [0.1, 0.15) is 50.1 Å². The second kappa shape index (κ2) is 32.2. The molecule has 8 aromatic rings. The van der Waals surface area contributed by atoms with Crippen LogP contribution in [0.25, 0.3) is 33.3 Å². The Morgan fingerprint density at radius 2 is 1.22 bits per heavy atom. The maximum absolute atomic E-state index is 15.3. The summed E-state index contributed by atoms with van der Waals surface area (Å²) in [7, 11) is -2.12. The molecule has 2 amide bonds. The molecule has 0 radical (unpaired) electrons. The lowest BCUT2D eigenvalue weighted by Crippen LogP contribution is -2.43. The molecule has 508 valence electrons. The molecule has 26 nitrogen and oxygen atoms in total. The first-order valence-corrected chi connectivity index (χ1v) is 35.0. The fourth-order valence-corrected chi connectivity index (χ4v) is 15.1. The maximum Gasteiger partial charge on any atom is 0.508 e. The van der Waals surface area contributed by atoms with Gasteiger partial charge in [0.2, 0.25) is 5.95 Å². The highest BCUT2D eigenvalue weighted by molar-refractivity contribution is 8.76. The van der Waals surface area contributed by atoms with Gasteiger partial charge in [0.05, 0.1) is 45.2 Å². The van der Waals surface area contributed by atoms with Gasteiger partial charge >= 0.3 is 38.1 Å².